The molecule has 1 atom stereocenters. The van der Waals surface area contributed by atoms with Gasteiger partial charge in [-0.05, 0) is 18.9 Å². The number of ether oxygens (including phenoxy) is 2. The lowest BCUT2D eigenvalue weighted by Crippen LogP contribution is -2.17. The Morgan fingerprint density at radius 3 is 3.00 bits per heavy atom. The highest BCUT2D eigenvalue weighted by Gasteiger charge is 2.16. The number of nitrogens with two attached hydrogens (primary N) is 1. The summed E-state index contributed by atoms with van der Waals surface area (Å²) < 4.78 is 11.2. The minimum atomic E-state index is 0.260. The highest BCUT2D eigenvalue weighted by atomic mass is 16.5. The van der Waals surface area contributed by atoms with Crippen LogP contribution in [0.25, 0.3) is 0 Å². The van der Waals surface area contributed by atoms with Crippen molar-refractivity contribution in [2.24, 2.45) is 5.73 Å². The van der Waals surface area contributed by atoms with Gasteiger partial charge >= 0.3 is 0 Å². The minimum Gasteiger partial charge on any atom is -0.491 e. The molecule has 1 aliphatic rings. The fourth-order valence-corrected chi connectivity index (χ4v) is 1.77. The second-order valence-electron chi connectivity index (χ2n) is 3.76. The minimum absolute atomic E-state index is 0.260. The molecule has 82 valence electrons. The van der Waals surface area contributed by atoms with Crippen molar-refractivity contribution < 1.29 is 9.47 Å². The molecule has 1 fully saturated rings. The third kappa shape index (κ3) is 2.70. The molecule has 1 aliphatic heterocycles. The average Bonchev–Trinajstić information content (AvgIpc) is 2.79. The number of benzene rings is 1. The van der Waals surface area contributed by atoms with Crippen LogP contribution in [0.15, 0.2) is 24.3 Å². The van der Waals surface area contributed by atoms with Gasteiger partial charge < -0.3 is 15.2 Å². The van der Waals surface area contributed by atoms with Gasteiger partial charge in [0, 0.05) is 18.7 Å². The average molecular weight is 207 g/mol. The van der Waals surface area contributed by atoms with E-state index < -0.39 is 0 Å². The van der Waals surface area contributed by atoms with Crippen LogP contribution in [-0.4, -0.2) is 19.3 Å². The molecule has 1 saturated heterocycles. The fraction of sp³-hybridized carbons (Fsp3) is 0.500. The summed E-state index contributed by atoms with van der Waals surface area (Å²) in [5.74, 6) is 0.885. The van der Waals surface area contributed by atoms with Gasteiger partial charge in [0.25, 0.3) is 0 Å². The van der Waals surface area contributed by atoms with Gasteiger partial charge in [0.15, 0.2) is 0 Å². The maximum atomic E-state index is 5.71. The van der Waals surface area contributed by atoms with E-state index in [2.05, 4.69) is 0 Å². The maximum Gasteiger partial charge on any atom is 0.123 e. The molecule has 3 heteroatoms. The predicted molar refractivity (Wildman–Crippen MR) is 58.8 cm³/mol. The normalized spacial score (nSPS) is 20.5. The second kappa shape index (κ2) is 5.14. The topological polar surface area (TPSA) is 44.5 Å². The highest BCUT2D eigenvalue weighted by Crippen LogP contribution is 2.19. The number of para-hydroxylation sites is 1. The van der Waals surface area contributed by atoms with Crippen LogP contribution in [0, 0.1) is 0 Å². The molecule has 0 radical (unpaired) electrons. The van der Waals surface area contributed by atoms with Gasteiger partial charge in [0.2, 0.25) is 0 Å². The Labute approximate surface area is 90.2 Å². The lowest BCUT2D eigenvalue weighted by atomic mass is 10.2. The van der Waals surface area contributed by atoms with Gasteiger partial charge in [-0.2, -0.15) is 0 Å². The van der Waals surface area contributed by atoms with Crippen LogP contribution in [0.4, 0.5) is 0 Å². The smallest absolute Gasteiger partial charge is 0.123 e. The molecule has 3 nitrogen and oxygen atoms in total. The molecule has 0 aromatic heterocycles. The van der Waals surface area contributed by atoms with Crippen molar-refractivity contribution in [3.05, 3.63) is 29.8 Å². The van der Waals surface area contributed by atoms with Crippen LogP contribution in [0.2, 0.25) is 0 Å². The first kappa shape index (κ1) is 10.5. The number of rotatable bonds is 4. The zero-order valence-electron chi connectivity index (χ0n) is 8.82. The summed E-state index contributed by atoms with van der Waals surface area (Å²) in [7, 11) is 0. The number of hydrogen-bond acceptors (Lipinski definition) is 3. The Kier molecular flexibility index (Phi) is 3.59. The van der Waals surface area contributed by atoms with Crippen molar-refractivity contribution in [1.29, 1.82) is 0 Å². The first-order valence-corrected chi connectivity index (χ1v) is 5.42. The molecule has 2 N–H and O–H groups in total. The van der Waals surface area contributed by atoms with Crippen LogP contribution in [-0.2, 0) is 11.3 Å². The summed E-state index contributed by atoms with van der Waals surface area (Å²) in [4.78, 5) is 0. The van der Waals surface area contributed by atoms with Gasteiger partial charge in [-0.3, -0.25) is 0 Å². The van der Waals surface area contributed by atoms with E-state index in [1.54, 1.807) is 0 Å². The second-order valence-corrected chi connectivity index (χ2v) is 3.76. The maximum absolute atomic E-state index is 5.71. The Morgan fingerprint density at radius 2 is 2.27 bits per heavy atom. The summed E-state index contributed by atoms with van der Waals surface area (Å²) in [6.07, 6.45) is 2.51. The molecule has 0 aliphatic carbocycles. The first-order chi connectivity index (χ1) is 7.40. The summed E-state index contributed by atoms with van der Waals surface area (Å²) in [5.41, 5.74) is 6.67. The quantitative estimate of drug-likeness (QED) is 0.817. The third-order valence-electron chi connectivity index (χ3n) is 2.64. The van der Waals surface area contributed by atoms with Crippen molar-refractivity contribution in [2.75, 3.05) is 13.2 Å². The predicted octanol–water partition coefficient (Wildman–Crippen LogP) is 1.70. The van der Waals surface area contributed by atoms with E-state index in [0.717, 1.165) is 30.8 Å². The van der Waals surface area contributed by atoms with Gasteiger partial charge in [-0.1, -0.05) is 18.2 Å². The Morgan fingerprint density at radius 1 is 1.40 bits per heavy atom. The third-order valence-corrected chi connectivity index (χ3v) is 2.64. The Bertz CT molecular complexity index is 308. The van der Waals surface area contributed by atoms with Gasteiger partial charge in [-0.25, -0.2) is 0 Å². The first-order valence-electron chi connectivity index (χ1n) is 5.42. The molecule has 1 aromatic rings. The van der Waals surface area contributed by atoms with Gasteiger partial charge in [0.1, 0.15) is 12.4 Å². The SMILES string of the molecule is NCc1ccccc1OCC1CCCO1. The molecule has 1 unspecified atom stereocenters. The fourth-order valence-electron chi connectivity index (χ4n) is 1.77. The zero-order valence-corrected chi connectivity index (χ0v) is 8.82. The molecular weight excluding hydrogens is 190 g/mol. The highest BCUT2D eigenvalue weighted by molar-refractivity contribution is 5.32. The molecule has 0 spiro atoms. The standard InChI is InChI=1S/C12H17NO2/c13-8-10-4-1-2-6-12(10)15-9-11-5-3-7-14-11/h1-2,4,6,11H,3,5,7-9,13H2. The number of hydrogen-bond donors (Lipinski definition) is 1. The monoisotopic (exact) mass is 207 g/mol. The molecule has 15 heavy (non-hydrogen) atoms. The van der Waals surface area contributed by atoms with Gasteiger partial charge in [0.05, 0.1) is 6.10 Å². The zero-order chi connectivity index (χ0) is 10.5. The van der Waals surface area contributed by atoms with Crippen molar-refractivity contribution >= 4 is 0 Å². The summed E-state index contributed by atoms with van der Waals surface area (Å²) in [5, 5.41) is 0. The molecule has 1 aromatic carbocycles. The molecule has 0 bridgehead atoms. The van der Waals surface area contributed by atoms with Crippen molar-refractivity contribution in [2.45, 2.75) is 25.5 Å². The largest absolute Gasteiger partial charge is 0.491 e. The van der Waals surface area contributed by atoms with Crippen LogP contribution in [0.3, 0.4) is 0 Å². The lowest BCUT2D eigenvalue weighted by Gasteiger charge is -2.13. The van der Waals surface area contributed by atoms with E-state index in [9.17, 15) is 0 Å². The van der Waals surface area contributed by atoms with E-state index in [4.69, 9.17) is 15.2 Å². The van der Waals surface area contributed by atoms with Crippen molar-refractivity contribution in [3.8, 4) is 5.75 Å². The lowest BCUT2D eigenvalue weighted by molar-refractivity contribution is 0.0676. The summed E-state index contributed by atoms with van der Waals surface area (Å²) in [6, 6.07) is 7.88. The van der Waals surface area contributed by atoms with E-state index in [1.165, 1.54) is 0 Å². The van der Waals surface area contributed by atoms with Gasteiger partial charge in [-0.15, -0.1) is 0 Å². The van der Waals surface area contributed by atoms with Crippen molar-refractivity contribution in [3.63, 3.8) is 0 Å². The van der Waals surface area contributed by atoms with Crippen LogP contribution < -0.4 is 10.5 Å². The van der Waals surface area contributed by atoms with Crippen LogP contribution in [0.1, 0.15) is 18.4 Å². The van der Waals surface area contributed by atoms with E-state index in [1.807, 2.05) is 24.3 Å². The molecule has 1 heterocycles. The van der Waals surface area contributed by atoms with E-state index in [0.29, 0.717) is 13.2 Å². The van der Waals surface area contributed by atoms with E-state index >= 15 is 0 Å². The molecule has 0 saturated carbocycles. The molecular formula is C12H17NO2. The van der Waals surface area contributed by atoms with Crippen molar-refractivity contribution in [1.82, 2.24) is 0 Å². The summed E-state index contributed by atoms with van der Waals surface area (Å²) >= 11 is 0. The van der Waals surface area contributed by atoms with Crippen LogP contribution >= 0.6 is 0 Å². The summed E-state index contributed by atoms with van der Waals surface area (Å²) in [6.45, 7) is 2.02. The van der Waals surface area contributed by atoms with Crippen LogP contribution in [0.5, 0.6) is 5.75 Å². The molecule has 0 amide bonds. The Balaban J connectivity index is 1.91. The van der Waals surface area contributed by atoms with E-state index in [-0.39, 0.29) is 6.10 Å². The molecule has 2 rings (SSSR count). The Hall–Kier alpha value is -1.06.